The van der Waals surface area contributed by atoms with Gasteiger partial charge in [-0.1, -0.05) is 0 Å². The summed E-state index contributed by atoms with van der Waals surface area (Å²) in [7, 11) is 1.64. The highest BCUT2D eigenvalue weighted by atomic mass is 19.3. The molecule has 14 heavy (non-hydrogen) atoms. The molecule has 3 nitrogen and oxygen atoms in total. The summed E-state index contributed by atoms with van der Waals surface area (Å²) in [4.78, 5) is 11.1. The van der Waals surface area contributed by atoms with Crippen LogP contribution in [-0.4, -0.2) is 17.5 Å². The molecule has 5 heteroatoms. The Balaban J connectivity index is 2.52. The first kappa shape index (κ1) is 10.8. The fourth-order valence-electron chi connectivity index (χ4n) is 1.03. The lowest BCUT2D eigenvalue weighted by Gasteiger charge is -2.04. The van der Waals surface area contributed by atoms with Crippen molar-refractivity contribution in [3.05, 3.63) is 34.2 Å². The maximum Gasteiger partial charge on any atom is 0.250 e. The fraction of sp³-hybridized carbons (Fsp3) is 0.444. The van der Waals surface area contributed by atoms with Gasteiger partial charge in [-0.15, -0.1) is 0 Å². The zero-order chi connectivity index (χ0) is 10.6. The summed E-state index contributed by atoms with van der Waals surface area (Å²) in [5, 5.41) is 2.55. The molecule has 78 valence electrons. The van der Waals surface area contributed by atoms with Crippen molar-refractivity contribution in [1.29, 1.82) is 0 Å². The van der Waals surface area contributed by atoms with E-state index in [1.165, 1.54) is 10.6 Å². The molecule has 0 radical (unpaired) electrons. The lowest BCUT2D eigenvalue weighted by Crippen LogP contribution is -2.22. The van der Waals surface area contributed by atoms with E-state index in [0.29, 0.717) is 12.1 Å². The fourth-order valence-corrected chi connectivity index (χ4v) is 1.03. The predicted octanol–water partition coefficient (Wildman–Crippen LogP) is 0.740. The van der Waals surface area contributed by atoms with Crippen LogP contribution in [0.15, 0.2) is 23.1 Å². The summed E-state index contributed by atoms with van der Waals surface area (Å²) < 4.78 is 24.9. The summed E-state index contributed by atoms with van der Waals surface area (Å²) >= 11 is 0. The Kier molecular flexibility index (Phi) is 3.76. The molecule has 0 aliphatic carbocycles. The van der Waals surface area contributed by atoms with E-state index >= 15 is 0 Å². The first-order chi connectivity index (χ1) is 6.59. The van der Waals surface area contributed by atoms with Gasteiger partial charge in [0.05, 0.1) is 6.54 Å². The van der Waals surface area contributed by atoms with Crippen LogP contribution < -0.4 is 10.9 Å². The highest BCUT2D eigenvalue weighted by Crippen LogP contribution is 1.94. The number of rotatable bonds is 4. The summed E-state index contributed by atoms with van der Waals surface area (Å²) in [6.07, 6.45) is -0.747. The molecule has 1 aromatic rings. The van der Waals surface area contributed by atoms with Gasteiger partial charge in [0.25, 0.3) is 12.0 Å². The molecule has 1 aromatic heterocycles. The number of hydrogen-bond donors (Lipinski definition) is 1. The van der Waals surface area contributed by atoms with Crippen molar-refractivity contribution in [2.75, 3.05) is 6.54 Å². The number of hydrogen-bond acceptors (Lipinski definition) is 2. The largest absolute Gasteiger partial charge is 0.319 e. The molecule has 0 aliphatic heterocycles. The number of nitrogens with zero attached hydrogens (tertiary/aromatic N) is 1. The standard InChI is InChI=1S/C9H12F2N2O/c1-13-3-2-7(4-9(13)14)5-12-6-8(10)11/h2-4,8,12H,5-6H2,1H3. The second kappa shape index (κ2) is 4.85. The zero-order valence-electron chi connectivity index (χ0n) is 7.84. The Morgan fingerprint density at radius 2 is 2.29 bits per heavy atom. The van der Waals surface area contributed by atoms with E-state index in [4.69, 9.17) is 0 Å². The minimum absolute atomic E-state index is 0.138. The van der Waals surface area contributed by atoms with Crippen LogP contribution in [-0.2, 0) is 13.6 Å². The number of nitrogens with one attached hydrogen (secondary N) is 1. The molecular formula is C9H12F2N2O. The Bertz CT molecular complexity index is 349. The highest BCUT2D eigenvalue weighted by molar-refractivity contribution is 5.10. The minimum atomic E-state index is -2.36. The average Bonchev–Trinajstić information content (AvgIpc) is 2.10. The summed E-state index contributed by atoms with van der Waals surface area (Å²) in [6, 6.07) is 3.15. The van der Waals surface area contributed by atoms with Gasteiger partial charge in [-0.3, -0.25) is 4.79 Å². The Morgan fingerprint density at radius 3 is 2.86 bits per heavy atom. The van der Waals surface area contributed by atoms with Crippen molar-refractivity contribution in [3.8, 4) is 0 Å². The Hall–Kier alpha value is -1.23. The molecule has 0 bridgehead atoms. The molecule has 0 aromatic carbocycles. The van der Waals surface area contributed by atoms with Crippen molar-refractivity contribution >= 4 is 0 Å². The number of aryl methyl sites for hydroxylation is 1. The van der Waals surface area contributed by atoms with Crippen LogP contribution in [0.1, 0.15) is 5.56 Å². The molecule has 0 atom stereocenters. The molecular weight excluding hydrogens is 190 g/mol. The number of alkyl halides is 2. The van der Waals surface area contributed by atoms with E-state index in [0.717, 1.165) is 0 Å². The molecule has 1 heterocycles. The van der Waals surface area contributed by atoms with Crippen LogP contribution >= 0.6 is 0 Å². The number of halogens is 2. The van der Waals surface area contributed by atoms with Gasteiger partial charge in [-0.25, -0.2) is 8.78 Å². The van der Waals surface area contributed by atoms with Gasteiger partial charge >= 0.3 is 0 Å². The third-order valence-electron chi connectivity index (χ3n) is 1.80. The van der Waals surface area contributed by atoms with E-state index in [-0.39, 0.29) is 12.1 Å². The number of pyridine rings is 1. The lowest BCUT2D eigenvalue weighted by atomic mass is 10.2. The van der Waals surface area contributed by atoms with E-state index in [2.05, 4.69) is 5.32 Å². The van der Waals surface area contributed by atoms with Crippen LogP contribution in [0.3, 0.4) is 0 Å². The third kappa shape index (κ3) is 3.26. The topological polar surface area (TPSA) is 34.0 Å². The monoisotopic (exact) mass is 202 g/mol. The zero-order valence-corrected chi connectivity index (χ0v) is 7.84. The lowest BCUT2D eigenvalue weighted by molar-refractivity contribution is 0.145. The van der Waals surface area contributed by atoms with E-state index in [1.807, 2.05) is 0 Å². The predicted molar refractivity (Wildman–Crippen MR) is 49.4 cm³/mol. The average molecular weight is 202 g/mol. The van der Waals surface area contributed by atoms with Gasteiger partial charge < -0.3 is 9.88 Å². The molecule has 0 aliphatic rings. The first-order valence-electron chi connectivity index (χ1n) is 4.24. The maximum absolute atomic E-state index is 11.8. The van der Waals surface area contributed by atoms with Crippen LogP contribution in [0.4, 0.5) is 8.78 Å². The van der Waals surface area contributed by atoms with Gasteiger partial charge in [0.15, 0.2) is 0 Å². The molecule has 0 saturated carbocycles. The van der Waals surface area contributed by atoms with Gasteiger partial charge in [0.2, 0.25) is 0 Å². The van der Waals surface area contributed by atoms with E-state index in [1.54, 1.807) is 19.3 Å². The van der Waals surface area contributed by atoms with Crippen LogP contribution in [0, 0.1) is 0 Å². The van der Waals surface area contributed by atoms with Gasteiger partial charge in [-0.05, 0) is 11.6 Å². The van der Waals surface area contributed by atoms with Gasteiger partial charge in [0, 0.05) is 25.9 Å². The van der Waals surface area contributed by atoms with Crippen molar-refractivity contribution in [3.63, 3.8) is 0 Å². The summed E-state index contributed by atoms with van der Waals surface area (Å²) in [6.45, 7) is -0.0599. The highest BCUT2D eigenvalue weighted by Gasteiger charge is 2.01. The molecule has 1 N–H and O–H groups in total. The molecule has 0 spiro atoms. The second-order valence-electron chi connectivity index (χ2n) is 3.01. The van der Waals surface area contributed by atoms with Crippen molar-refractivity contribution < 1.29 is 8.78 Å². The Labute approximate surface area is 80.4 Å². The third-order valence-corrected chi connectivity index (χ3v) is 1.80. The molecule has 0 unspecified atom stereocenters. The maximum atomic E-state index is 11.8. The summed E-state index contributed by atoms with van der Waals surface area (Å²) in [5.74, 6) is 0. The molecule has 1 rings (SSSR count). The van der Waals surface area contributed by atoms with Crippen LogP contribution in [0.25, 0.3) is 0 Å². The van der Waals surface area contributed by atoms with Crippen molar-refractivity contribution in [1.82, 2.24) is 9.88 Å². The SMILES string of the molecule is Cn1ccc(CNCC(F)F)cc1=O. The van der Waals surface area contributed by atoms with E-state index < -0.39 is 6.43 Å². The molecule has 0 fully saturated rings. The quantitative estimate of drug-likeness (QED) is 0.781. The Morgan fingerprint density at radius 1 is 1.57 bits per heavy atom. The minimum Gasteiger partial charge on any atom is -0.319 e. The van der Waals surface area contributed by atoms with Crippen molar-refractivity contribution in [2.24, 2.45) is 7.05 Å². The second-order valence-corrected chi connectivity index (χ2v) is 3.01. The van der Waals surface area contributed by atoms with E-state index in [9.17, 15) is 13.6 Å². The van der Waals surface area contributed by atoms with Gasteiger partial charge in [0.1, 0.15) is 0 Å². The summed E-state index contributed by atoms with van der Waals surface area (Å²) in [5.41, 5.74) is 0.579. The van der Waals surface area contributed by atoms with Crippen LogP contribution in [0.2, 0.25) is 0 Å². The van der Waals surface area contributed by atoms with Crippen LogP contribution in [0.5, 0.6) is 0 Å². The smallest absolute Gasteiger partial charge is 0.250 e. The normalized spacial score (nSPS) is 10.9. The first-order valence-corrected chi connectivity index (χ1v) is 4.24. The van der Waals surface area contributed by atoms with Crippen molar-refractivity contribution in [2.45, 2.75) is 13.0 Å². The molecule has 0 saturated heterocycles. The number of aromatic nitrogens is 1. The molecule has 0 amide bonds. The van der Waals surface area contributed by atoms with Gasteiger partial charge in [-0.2, -0.15) is 0 Å².